The molecule has 0 aromatic heterocycles. The van der Waals surface area contributed by atoms with E-state index in [4.69, 9.17) is 5.90 Å². The standard InChI is InChI=1S/C8H17NO2/c1-8(2,3)5-4-7(10)6-11-9/h4-6,9H2,1-3H3. The number of nitrogens with two attached hydrogens (primary N) is 1. The fourth-order valence-corrected chi connectivity index (χ4v) is 0.680. The van der Waals surface area contributed by atoms with Gasteiger partial charge in [0.05, 0.1) is 0 Å². The first-order chi connectivity index (χ1) is 4.95. The summed E-state index contributed by atoms with van der Waals surface area (Å²) in [5.74, 6) is 4.82. The third-order valence-corrected chi connectivity index (χ3v) is 1.40. The van der Waals surface area contributed by atoms with E-state index in [9.17, 15) is 4.79 Å². The minimum absolute atomic E-state index is 0.0378. The maximum absolute atomic E-state index is 10.9. The van der Waals surface area contributed by atoms with Crippen molar-refractivity contribution in [2.45, 2.75) is 33.6 Å². The van der Waals surface area contributed by atoms with Crippen LogP contribution in [0, 0.1) is 5.41 Å². The van der Waals surface area contributed by atoms with Crippen LogP contribution in [0.1, 0.15) is 33.6 Å². The summed E-state index contributed by atoms with van der Waals surface area (Å²) in [5.41, 5.74) is 0.213. The minimum atomic E-state index is 0.0378. The van der Waals surface area contributed by atoms with Crippen LogP contribution in [0.5, 0.6) is 0 Å². The van der Waals surface area contributed by atoms with Crippen LogP contribution >= 0.6 is 0 Å². The Morgan fingerprint density at radius 3 is 2.36 bits per heavy atom. The number of rotatable bonds is 4. The molecule has 0 atom stereocenters. The van der Waals surface area contributed by atoms with Crippen molar-refractivity contribution in [3.63, 3.8) is 0 Å². The predicted molar refractivity (Wildman–Crippen MR) is 43.8 cm³/mol. The van der Waals surface area contributed by atoms with Gasteiger partial charge in [0, 0.05) is 6.42 Å². The molecule has 0 radical (unpaired) electrons. The van der Waals surface area contributed by atoms with Gasteiger partial charge in [-0.1, -0.05) is 20.8 Å². The zero-order valence-corrected chi connectivity index (χ0v) is 7.52. The van der Waals surface area contributed by atoms with Crippen LogP contribution in [0.15, 0.2) is 0 Å². The molecule has 0 aromatic carbocycles. The summed E-state index contributed by atoms with van der Waals surface area (Å²) in [6.07, 6.45) is 1.44. The van der Waals surface area contributed by atoms with Crippen molar-refractivity contribution in [3.05, 3.63) is 0 Å². The molecule has 0 aromatic rings. The molecule has 0 amide bonds. The number of hydrogen-bond acceptors (Lipinski definition) is 3. The van der Waals surface area contributed by atoms with Crippen LogP contribution in [-0.4, -0.2) is 12.4 Å². The van der Waals surface area contributed by atoms with Gasteiger partial charge in [0.2, 0.25) is 0 Å². The van der Waals surface area contributed by atoms with Crippen molar-refractivity contribution in [1.82, 2.24) is 0 Å². The van der Waals surface area contributed by atoms with Gasteiger partial charge in [-0.2, -0.15) is 0 Å². The molecule has 0 bridgehead atoms. The molecule has 0 heterocycles. The molecule has 2 N–H and O–H groups in total. The molecule has 0 unspecified atom stereocenters. The highest BCUT2D eigenvalue weighted by molar-refractivity contribution is 5.79. The molecule has 0 rings (SSSR count). The zero-order chi connectivity index (χ0) is 8.91. The van der Waals surface area contributed by atoms with Crippen molar-refractivity contribution in [2.75, 3.05) is 6.61 Å². The Morgan fingerprint density at radius 1 is 1.45 bits per heavy atom. The lowest BCUT2D eigenvalue weighted by Gasteiger charge is -2.16. The third-order valence-electron chi connectivity index (χ3n) is 1.40. The predicted octanol–water partition coefficient (Wildman–Crippen LogP) is 1.27. The topological polar surface area (TPSA) is 52.3 Å². The average molecular weight is 159 g/mol. The molecule has 11 heavy (non-hydrogen) atoms. The van der Waals surface area contributed by atoms with Gasteiger partial charge in [0.15, 0.2) is 5.78 Å². The van der Waals surface area contributed by atoms with Crippen LogP contribution in [0.25, 0.3) is 0 Å². The highest BCUT2D eigenvalue weighted by atomic mass is 16.6. The lowest BCUT2D eigenvalue weighted by molar-refractivity contribution is -0.124. The van der Waals surface area contributed by atoms with E-state index in [0.717, 1.165) is 6.42 Å². The third kappa shape index (κ3) is 7.49. The number of carbonyl (C=O) groups is 1. The number of ketones is 1. The Labute approximate surface area is 67.9 Å². The van der Waals surface area contributed by atoms with E-state index in [1.807, 2.05) is 0 Å². The average Bonchev–Trinajstić information content (AvgIpc) is 1.83. The Hall–Kier alpha value is -0.410. The van der Waals surface area contributed by atoms with Crippen LogP contribution in [-0.2, 0) is 9.63 Å². The molecule has 0 fully saturated rings. The second kappa shape index (κ2) is 4.46. The molecule has 0 aliphatic rings. The van der Waals surface area contributed by atoms with Crippen molar-refractivity contribution < 1.29 is 9.63 Å². The van der Waals surface area contributed by atoms with Crippen molar-refractivity contribution in [3.8, 4) is 0 Å². The molecule has 0 saturated carbocycles. The zero-order valence-electron chi connectivity index (χ0n) is 7.52. The highest BCUT2D eigenvalue weighted by Crippen LogP contribution is 2.20. The van der Waals surface area contributed by atoms with E-state index in [0.29, 0.717) is 6.42 Å². The molecule has 3 nitrogen and oxygen atoms in total. The molecular weight excluding hydrogens is 142 g/mol. The first-order valence-corrected chi connectivity index (χ1v) is 3.79. The second-order valence-electron chi connectivity index (χ2n) is 3.91. The van der Waals surface area contributed by atoms with E-state index in [2.05, 4.69) is 25.6 Å². The van der Waals surface area contributed by atoms with E-state index in [1.165, 1.54) is 0 Å². The summed E-state index contributed by atoms with van der Waals surface area (Å²) in [4.78, 5) is 15.1. The number of carbonyl (C=O) groups excluding carboxylic acids is 1. The summed E-state index contributed by atoms with van der Waals surface area (Å²) in [6.45, 7) is 6.34. The van der Waals surface area contributed by atoms with Crippen LogP contribution in [0.2, 0.25) is 0 Å². The number of hydrogen-bond donors (Lipinski definition) is 1. The lowest BCUT2D eigenvalue weighted by Crippen LogP contribution is -2.15. The first-order valence-electron chi connectivity index (χ1n) is 3.79. The maximum atomic E-state index is 10.9. The Balaban J connectivity index is 3.46. The van der Waals surface area contributed by atoms with Crippen molar-refractivity contribution >= 4 is 5.78 Å². The summed E-state index contributed by atoms with van der Waals surface area (Å²) >= 11 is 0. The van der Waals surface area contributed by atoms with Crippen LogP contribution in [0.3, 0.4) is 0 Å². The van der Waals surface area contributed by atoms with E-state index < -0.39 is 0 Å². The van der Waals surface area contributed by atoms with Gasteiger partial charge in [-0.15, -0.1) is 0 Å². The van der Waals surface area contributed by atoms with Gasteiger partial charge in [-0.3, -0.25) is 9.63 Å². The van der Waals surface area contributed by atoms with E-state index in [1.54, 1.807) is 0 Å². The van der Waals surface area contributed by atoms with E-state index >= 15 is 0 Å². The van der Waals surface area contributed by atoms with Gasteiger partial charge in [0.25, 0.3) is 0 Å². The van der Waals surface area contributed by atoms with Gasteiger partial charge in [0.1, 0.15) is 6.61 Å². The molecule has 0 aliphatic heterocycles. The molecule has 66 valence electrons. The molecule has 3 heteroatoms. The SMILES string of the molecule is CC(C)(C)CCC(=O)CON. The second-order valence-corrected chi connectivity index (χ2v) is 3.91. The maximum Gasteiger partial charge on any atom is 0.160 e. The highest BCUT2D eigenvalue weighted by Gasteiger charge is 2.12. The quantitative estimate of drug-likeness (QED) is 0.628. The Kier molecular flexibility index (Phi) is 4.30. The van der Waals surface area contributed by atoms with Crippen molar-refractivity contribution in [2.24, 2.45) is 11.3 Å². The van der Waals surface area contributed by atoms with Gasteiger partial charge in [-0.05, 0) is 11.8 Å². The van der Waals surface area contributed by atoms with Gasteiger partial charge < -0.3 is 0 Å². The van der Waals surface area contributed by atoms with Crippen LogP contribution in [0.4, 0.5) is 0 Å². The molecule has 0 saturated heterocycles. The van der Waals surface area contributed by atoms with E-state index in [-0.39, 0.29) is 17.8 Å². The molecule has 0 spiro atoms. The Morgan fingerprint density at radius 2 is 2.00 bits per heavy atom. The largest absolute Gasteiger partial charge is 0.297 e. The van der Waals surface area contributed by atoms with Gasteiger partial charge in [-0.25, -0.2) is 5.90 Å². The summed E-state index contributed by atoms with van der Waals surface area (Å²) in [5, 5.41) is 0. The minimum Gasteiger partial charge on any atom is -0.297 e. The smallest absolute Gasteiger partial charge is 0.160 e. The van der Waals surface area contributed by atoms with Gasteiger partial charge >= 0.3 is 0 Å². The lowest BCUT2D eigenvalue weighted by atomic mass is 9.90. The normalized spacial score (nSPS) is 11.6. The number of Topliss-reactive ketones (excluding diaryl/α,β-unsaturated/α-hetero) is 1. The Bertz CT molecular complexity index is 127. The summed E-state index contributed by atoms with van der Waals surface area (Å²) < 4.78 is 0. The molecular formula is C8H17NO2. The summed E-state index contributed by atoms with van der Waals surface area (Å²) in [6, 6.07) is 0. The molecule has 0 aliphatic carbocycles. The van der Waals surface area contributed by atoms with Crippen molar-refractivity contribution in [1.29, 1.82) is 0 Å². The monoisotopic (exact) mass is 159 g/mol. The summed E-state index contributed by atoms with van der Waals surface area (Å²) in [7, 11) is 0. The first kappa shape index (κ1) is 10.6. The fourth-order valence-electron chi connectivity index (χ4n) is 0.680. The van der Waals surface area contributed by atoms with Crippen LogP contribution < -0.4 is 5.90 Å². The fraction of sp³-hybridized carbons (Fsp3) is 0.875.